The van der Waals surface area contributed by atoms with Crippen molar-refractivity contribution in [2.45, 2.75) is 203 Å². The van der Waals surface area contributed by atoms with E-state index in [4.69, 9.17) is 33.2 Å². The highest BCUT2D eigenvalue weighted by molar-refractivity contribution is 5.29. The Kier molecular flexibility index (Phi) is 9.46. The van der Waals surface area contributed by atoms with Gasteiger partial charge in [0.2, 0.25) is 0 Å². The smallest absolute Gasteiger partial charge is 0.187 e. The van der Waals surface area contributed by atoms with Crippen LogP contribution in [0.5, 0.6) is 0 Å². The van der Waals surface area contributed by atoms with E-state index in [9.17, 15) is 35.7 Å². The molecule has 9 fully saturated rings. The average Bonchev–Trinajstić information content (AvgIpc) is 3.82. The predicted octanol–water partition coefficient (Wildman–Crippen LogP) is 1.74. The summed E-state index contributed by atoms with van der Waals surface area (Å²) in [4.78, 5) is 0. The topological polar surface area (TPSA) is 206 Å². The number of ether oxygens (including phenoxy) is 7. The maximum Gasteiger partial charge on any atom is 0.187 e. The Morgan fingerprint density at radius 3 is 2.20 bits per heavy atom. The standard InChI is InChI=1S/C42H68O14/c1-19-27(44)29(46)31(48)34(51-19)54-32-30(47)28(45)21(16-43)52-35(32)53-24-12-13-38(6)22(36(24,2)3)11-14-39(7)23(38)10-9-20-33-40(8)26(15-25(55-40)37(4,5)49)56-42(33)17-41(20,39)18-50-42/h19-35,43-49H,9-18H2,1-8H3/t19-,20+,21+,22+,23+,24-,25+,26+,27-,28-,29+,30-,31+,32+,33-,34-,35-,38-,39+,40-,41-,42-/m0/s1. The summed E-state index contributed by atoms with van der Waals surface area (Å²) in [7, 11) is 0. The van der Waals surface area contributed by atoms with Gasteiger partial charge in [0.1, 0.15) is 48.3 Å². The molecule has 0 aromatic heterocycles. The van der Waals surface area contributed by atoms with Gasteiger partial charge in [-0.05, 0) is 100 Å². The van der Waals surface area contributed by atoms with Gasteiger partial charge in [0.25, 0.3) is 0 Å². The Morgan fingerprint density at radius 1 is 0.768 bits per heavy atom. The van der Waals surface area contributed by atoms with Gasteiger partial charge in [-0.2, -0.15) is 0 Å². The molecule has 0 amide bonds. The van der Waals surface area contributed by atoms with Gasteiger partial charge in [-0.3, -0.25) is 0 Å². The zero-order valence-electron chi connectivity index (χ0n) is 34.4. The molecule has 9 rings (SSSR count). The highest BCUT2D eigenvalue weighted by Crippen LogP contribution is 2.81. The molecule has 0 aromatic rings. The monoisotopic (exact) mass is 796 g/mol. The van der Waals surface area contributed by atoms with Crippen molar-refractivity contribution in [3.8, 4) is 0 Å². The van der Waals surface area contributed by atoms with E-state index in [1.165, 1.54) is 6.92 Å². The van der Waals surface area contributed by atoms with Crippen molar-refractivity contribution < 1.29 is 68.9 Å². The number of hydrogen-bond donors (Lipinski definition) is 7. The van der Waals surface area contributed by atoms with Crippen LogP contribution in [0.25, 0.3) is 0 Å². The largest absolute Gasteiger partial charge is 0.394 e. The lowest BCUT2D eigenvalue weighted by molar-refractivity contribution is -0.376. The van der Waals surface area contributed by atoms with Crippen LogP contribution in [0.2, 0.25) is 0 Å². The Hall–Kier alpha value is -0.560. The second kappa shape index (κ2) is 13.0. The first kappa shape index (κ1) is 40.8. The van der Waals surface area contributed by atoms with Crippen molar-refractivity contribution in [2.24, 2.45) is 45.3 Å². The number of aliphatic hydroxyl groups is 7. The summed E-state index contributed by atoms with van der Waals surface area (Å²) in [5, 5.41) is 74.7. The van der Waals surface area contributed by atoms with Gasteiger partial charge >= 0.3 is 0 Å². The van der Waals surface area contributed by atoms with E-state index in [0.717, 1.165) is 38.5 Å². The van der Waals surface area contributed by atoms with Gasteiger partial charge < -0.3 is 68.9 Å². The van der Waals surface area contributed by atoms with Gasteiger partial charge in [0.05, 0.1) is 43.2 Å². The van der Waals surface area contributed by atoms with Gasteiger partial charge in [0, 0.05) is 24.2 Å². The fraction of sp³-hybridized carbons (Fsp3) is 1.00. The molecule has 56 heavy (non-hydrogen) atoms. The van der Waals surface area contributed by atoms with Crippen LogP contribution in [-0.2, 0) is 33.2 Å². The van der Waals surface area contributed by atoms with Gasteiger partial charge in [0.15, 0.2) is 18.4 Å². The summed E-state index contributed by atoms with van der Waals surface area (Å²) >= 11 is 0. The number of hydrogen-bond acceptors (Lipinski definition) is 14. The number of fused-ring (bicyclic) bond motifs is 6. The van der Waals surface area contributed by atoms with Crippen LogP contribution in [0.4, 0.5) is 0 Å². The summed E-state index contributed by atoms with van der Waals surface area (Å²) in [6.07, 6.45) is -6.98. The molecule has 320 valence electrons. The van der Waals surface area contributed by atoms with E-state index in [1.807, 2.05) is 13.8 Å². The van der Waals surface area contributed by atoms with Crippen molar-refractivity contribution in [1.29, 1.82) is 0 Å². The molecular weight excluding hydrogens is 728 g/mol. The van der Waals surface area contributed by atoms with E-state index in [2.05, 4.69) is 34.6 Å². The molecule has 7 N–H and O–H groups in total. The quantitative estimate of drug-likeness (QED) is 0.192. The van der Waals surface area contributed by atoms with Crippen LogP contribution in [0.1, 0.15) is 107 Å². The number of aliphatic hydroxyl groups excluding tert-OH is 6. The Bertz CT molecular complexity index is 1520. The second-order valence-electron chi connectivity index (χ2n) is 21.4. The molecule has 4 aliphatic carbocycles. The summed E-state index contributed by atoms with van der Waals surface area (Å²) in [5.74, 6) is 0.596. The minimum absolute atomic E-state index is 0.00742. The predicted molar refractivity (Wildman–Crippen MR) is 196 cm³/mol. The summed E-state index contributed by atoms with van der Waals surface area (Å²) < 4.78 is 45.4. The highest BCUT2D eigenvalue weighted by atomic mass is 16.8. The molecule has 0 aromatic carbocycles. The molecule has 5 saturated heterocycles. The van der Waals surface area contributed by atoms with E-state index < -0.39 is 85.0 Å². The third kappa shape index (κ3) is 5.30. The molecule has 5 heterocycles. The van der Waals surface area contributed by atoms with Crippen LogP contribution in [0.15, 0.2) is 0 Å². The molecule has 0 radical (unpaired) electrons. The van der Waals surface area contributed by atoms with Crippen molar-refractivity contribution in [2.75, 3.05) is 13.2 Å². The van der Waals surface area contributed by atoms with Crippen molar-refractivity contribution >= 4 is 0 Å². The van der Waals surface area contributed by atoms with Crippen LogP contribution in [-0.4, -0.2) is 146 Å². The molecule has 5 aliphatic heterocycles. The molecule has 2 bridgehead atoms. The first-order valence-electron chi connectivity index (χ1n) is 21.4. The minimum Gasteiger partial charge on any atom is -0.394 e. The molecule has 4 saturated carbocycles. The second-order valence-corrected chi connectivity index (χ2v) is 21.4. The Morgan fingerprint density at radius 2 is 1.50 bits per heavy atom. The fourth-order valence-electron chi connectivity index (χ4n) is 15.2. The van der Waals surface area contributed by atoms with E-state index >= 15 is 0 Å². The first-order chi connectivity index (χ1) is 26.1. The van der Waals surface area contributed by atoms with Crippen LogP contribution in [0, 0.1) is 45.3 Å². The van der Waals surface area contributed by atoms with Crippen molar-refractivity contribution in [3.05, 3.63) is 0 Å². The third-order valence-corrected chi connectivity index (χ3v) is 18.0. The lowest BCUT2D eigenvalue weighted by atomic mass is 9.35. The van der Waals surface area contributed by atoms with E-state index in [0.29, 0.717) is 31.3 Å². The molecule has 9 aliphatic rings. The van der Waals surface area contributed by atoms with E-state index in [1.54, 1.807) is 0 Å². The molecule has 14 heteroatoms. The molecule has 0 unspecified atom stereocenters. The average molecular weight is 797 g/mol. The normalized spacial score (nSPS) is 59.9. The summed E-state index contributed by atoms with van der Waals surface area (Å²) in [5.41, 5.74) is -1.86. The van der Waals surface area contributed by atoms with Crippen LogP contribution < -0.4 is 0 Å². The lowest BCUT2D eigenvalue weighted by Gasteiger charge is -2.70. The fourth-order valence-corrected chi connectivity index (χ4v) is 15.2. The van der Waals surface area contributed by atoms with E-state index in [-0.39, 0.29) is 51.8 Å². The SMILES string of the molecule is C[C@@H]1O[C@@H](O[C@H]2[C@H](O[C@H]3CC[C@@]4(C)[C@H](CC[C@]5(C)[C@@H]4CC[C@@H]4[C@@H]6[C@]7(C[C@]45CO7)O[C@@H]4C[C@H](C(C)(C)O)O[C@]64C)C3(C)C)O[C@H](CO)[C@H](O)[C@@H]2O)[C@H](O)[C@H](O)[C@H]1O. The lowest BCUT2D eigenvalue weighted by Crippen LogP contribution is -2.67. The molecule has 22 atom stereocenters. The Balaban J connectivity index is 0.957. The highest BCUT2D eigenvalue weighted by Gasteiger charge is 2.84. The number of rotatable bonds is 6. The zero-order chi connectivity index (χ0) is 40.3. The Labute approximate surface area is 330 Å². The van der Waals surface area contributed by atoms with Crippen molar-refractivity contribution in [1.82, 2.24) is 0 Å². The molecular formula is C42H68O14. The maximum atomic E-state index is 11.3. The van der Waals surface area contributed by atoms with Gasteiger partial charge in [-0.15, -0.1) is 0 Å². The summed E-state index contributed by atoms with van der Waals surface area (Å²) in [6.45, 7) is 17.1. The van der Waals surface area contributed by atoms with Gasteiger partial charge in [-0.1, -0.05) is 27.7 Å². The molecule has 14 nitrogen and oxygen atoms in total. The maximum absolute atomic E-state index is 11.3. The van der Waals surface area contributed by atoms with Crippen LogP contribution in [0.3, 0.4) is 0 Å². The minimum atomic E-state index is -1.63. The molecule has 2 spiro atoms. The zero-order valence-corrected chi connectivity index (χ0v) is 34.4. The third-order valence-electron chi connectivity index (χ3n) is 18.0. The van der Waals surface area contributed by atoms with Gasteiger partial charge in [-0.25, -0.2) is 0 Å². The first-order valence-corrected chi connectivity index (χ1v) is 21.4. The van der Waals surface area contributed by atoms with Crippen LogP contribution >= 0.6 is 0 Å². The van der Waals surface area contributed by atoms with Crippen molar-refractivity contribution in [3.63, 3.8) is 0 Å². The summed E-state index contributed by atoms with van der Waals surface area (Å²) in [6, 6.07) is 0.